The molecule has 0 heterocycles. The number of rotatable bonds is 7. The Hall–Kier alpha value is -3.21. The number of anilines is 1. The minimum Gasteiger partial charge on any atom is -0.493 e. The summed E-state index contributed by atoms with van der Waals surface area (Å²) in [5.74, 6) is 1.28. The highest BCUT2D eigenvalue weighted by molar-refractivity contribution is 5.88. The third-order valence-electron chi connectivity index (χ3n) is 5.02. The minimum atomic E-state index is -0.304. The number of ether oxygens (including phenoxy) is 2. The van der Waals surface area contributed by atoms with Crippen LogP contribution in [0.15, 0.2) is 60.7 Å². The van der Waals surface area contributed by atoms with Crippen LogP contribution in [0, 0.1) is 0 Å². The summed E-state index contributed by atoms with van der Waals surface area (Å²) in [7, 11) is 5.13. The van der Waals surface area contributed by atoms with Crippen molar-refractivity contribution in [1.29, 1.82) is 0 Å². The molecule has 3 rings (SSSR count). The number of carbonyl (C=O) groups excluding carboxylic acids is 1. The molecule has 1 unspecified atom stereocenters. The van der Waals surface area contributed by atoms with Crippen molar-refractivity contribution in [3.8, 4) is 11.5 Å². The van der Waals surface area contributed by atoms with E-state index in [1.807, 2.05) is 55.3 Å². The number of amides is 1. The molecule has 5 nitrogen and oxygen atoms in total. The van der Waals surface area contributed by atoms with Gasteiger partial charge < -0.3 is 19.7 Å². The second-order valence-electron chi connectivity index (χ2n) is 6.73. The van der Waals surface area contributed by atoms with Crippen LogP contribution in [0.1, 0.15) is 12.5 Å². The Kier molecular flexibility index (Phi) is 6.04. The number of hydrogen-bond acceptors (Lipinski definition) is 4. The lowest BCUT2D eigenvalue weighted by Gasteiger charge is -2.26. The first-order chi connectivity index (χ1) is 13.5. The highest BCUT2D eigenvalue weighted by Crippen LogP contribution is 2.27. The van der Waals surface area contributed by atoms with E-state index in [4.69, 9.17) is 9.47 Å². The van der Waals surface area contributed by atoms with Crippen molar-refractivity contribution < 1.29 is 14.3 Å². The maximum absolute atomic E-state index is 12.7. The van der Waals surface area contributed by atoms with Gasteiger partial charge in [0.05, 0.1) is 14.2 Å². The fourth-order valence-electron chi connectivity index (χ4n) is 3.12. The van der Waals surface area contributed by atoms with E-state index in [9.17, 15) is 4.79 Å². The number of nitrogens with one attached hydrogen (secondary N) is 1. The first-order valence-corrected chi connectivity index (χ1v) is 9.23. The Morgan fingerprint density at radius 2 is 1.68 bits per heavy atom. The zero-order valence-corrected chi connectivity index (χ0v) is 16.7. The lowest BCUT2D eigenvalue weighted by molar-refractivity contribution is -0.122. The number of hydrogen-bond donors (Lipinski definition) is 1. The van der Waals surface area contributed by atoms with Gasteiger partial charge in [-0.1, -0.05) is 36.4 Å². The van der Waals surface area contributed by atoms with Crippen molar-refractivity contribution in [2.45, 2.75) is 19.5 Å². The molecule has 1 N–H and O–H groups in total. The van der Waals surface area contributed by atoms with Crippen LogP contribution in [0.4, 0.5) is 5.69 Å². The van der Waals surface area contributed by atoms with Crippen LogP contribution in [-0.4, -0.2) is 33.2 Å². The highest BCUT2D eigenvalue weighted by atomic mass is 16.5. The average molecular weight is 378 g/mol. The summed E-state index contributed by atoms with van der Waals surface area (Å²) in [5, 5.41) is 5.34. The van der Waals surface area contributed by atoms with Crippen LogP contribution in [0.25, 0.3) is 10.8 Å². The lowest BCUT2D eigenvalue weighted by atomic mass is 10.1. The van der Waals surface area contributed by atoms with Gasteiger partial charge in [-0.05, 0) is 47.5 Å². The van der Waals surface area contributed by atoms with Crippen LogP contribution in [-0.2, 0) is 11.3 Å². The van der Waals surface area contributed by atoms with Crippen LogP contribution in [0.5, 0.6) is 11.5 Å². The topological polar surface area (TPSA) is 50.8 Å². The molecule has 0 spiro atoms. The van der Waals surface area contributed by atoms with E-state index in [-0.39, 0.29) is 11.9 Å². The zero-order valence-electron chi connectivity index (χ0n) is 16.7. The predicted molar refractivity (Wildman–Crippen MR) is 113 cm³/mol. The zero-order chi connectivity index (χ0) is 20.1. The molecule has 146 valence electrons. The highest BCUT2D eigenvalue weighted by Gasteiger charge is 2.18. The van der Waals surface area contributed by atoms with E-state index in [2.05, 4.69) is 29.6 Å². The summed E-state index contributed by atoms with van der Waals surface area (Å²) in [6.45, 7) is 2.33. The molecular weight excluding hydrogens is 352 g/mol. The quantitative estimate of drug-likeness (QED) is 0.675. The average Bonchev–Trinajstić information content (AvgIpc) is 2.75. The van der Waals surface area contributed by atoms with Crippen molar-refractivity contribution in [3.05, 3.63) is 66.2 Å². The molecule has 1 atom stereocenters. The molecule has 3 aromatic rings. The largest absolute Gasteiger partial charge is 0.493 e. The monoisotopic (exact) mass is 378 g/mol. The predicted octanol–water partition coefficient (Wildman–Crippen LogP) is 4.00. The summed E-state index contributed by atoms with van der Waals surface area (Å²) in [6, 6.07) is 19.7. The third kappa shape index (κ3) is 4.19. The second kappa shape index (κ2) is 8.65. The van der Waals surface area contributed by atoms with E-state index < -0.39 is 0 Å². The summed E-state index contributed by atoms with van der Waals surface area (Å²) < 4.78 is 10.6. The van der Waals surface area contributed by atoms with Crippen molar-refractivity contribution >= 4 is 22.4 Å². The number of likely N-dealkylation sites (N-methyl/N-ethyl adjacent to an activating group) is 1. The Balaban J connectivity index is 1.66. The number of carbonyl (C=O) groups is 1. The van der Waals surface area contributed by atoms with Gasteiger partial charge in [0.2, 0.25) is 5.91 Å². The van der Waals surface area contributed by atoms with Gasteiger partial charge >= 0.3 is 0 Å². The van der Waals surface area contributed by atoms with Crippen LogP contribution in [0.2, 0.25) is 0 Å². The van der Waals surface area contributed by atoms with Crippen LogP contribution < -0.4 is 19.7 Å². The molecule has 0 radical (unpaired) electrons. The first-order valence-electron chi connectivity index (χ1n) is 9.23. The maximum Gasteiger partial charge on any atom is 0.242 e. The van der Waals surface area contributed by atoms with Gasteiger partial charge in [-0.25, -0.2) is 0 Å². The third-order valence-corrected chi connectivity index (χ3v) is 5.02. The molecular formula is C23H26N2O3. The summed E-state index contributed by atoms with van der Waals surface area (Å²) in [6.07, 6.45) is 0. The molecule has 0 saturated heterocycles. The number of fused-ring (bicyclic) bond motifs is 1. The Morgan fingerprint density at radius 1 is 0.964 bits per heavy atom. The van der Waals surface area contributed by atoms with E-state index in [1.165, 1.54) is 5.39 Å². The van der Waals surface area contributed by atoms with E-state index in [1.54, 1.807) is 14.2 Å². The van der Waals surface area contributed by atoms with E-state index in [0.29, 0.717) is 18.0 Å². The molecule has 0 fully saturated rings. The van der Waals surface area contributed by atoms with E-state index in [0.717, 1.165) is 16.6 Å². The second-order valence-corrected chi connectivity index (χ2v) is 6.73. The normalized spacial score (nSPS) is 11.7. The van der Waals surface area contributed by atoms with Gasteiger partial charge in [0.1, 0.15) is 6.04 Å². The lowest BCUT2D eigenvalue weighted by Crippen LogP contribution is -2.43. The summed E-state index contributed by atoms with van der Waals surface area (Å²) in [4.78, 5) is 14.6. The van der Waals surface area contributed by atoms with E-state index >= 15 is 0 Å². The SMILES string of the molecule is COc1ccc(CNC(=O)C(C)N(C)c2ccc3ccccc3c2)cc1OC. The Morgan fingerprint density at radius 3 is 2.39 bits per heavy atom. The molecule has 0 bridgehead atoms. The molecule has 0 aliphatic heterocycles. The van der Waals surface area contributed by atoms with Gasteiger partial charge in [-0.15, -0.1) is 0 Å². The fourth-order valence-corrected chi connectivity index (χ4v) is 3.12. The molecule has 0 aliphatic rings. The number of benzene rings is 3. The fraction of sp³-hybridized carbons (Fsp3) is 0.261. The molecule has 1 amide bonds. The number of methoxy groups -OCH3 is 2. The van der Waals surface area contributed by atoms with Crippen molar-refractivity contribution in [1.82, 2.24) is 5.32 Å². The first kappa shape index (κ1) is 19.5. The van der Waals surface area contributed by atoms with Crippen molar-refractivity contribution in [3.63, 3.8) is 0 Å². The Labute approximate surface area is 165 Å². The minimum absolute atomic E-state index is 0.0366. The van der Waals surface area contributed by atoms with Gasteiger partial charge in [0.25, 0.3) is 0 Å². The standard InChI is InChI=1S/C23H26N2O3/c1-16(25(2)20-11-10-18-7-5-6-8-19(18)14-20)23(26)24-15-17-9-12-21(27-3)22(13-17)28-4/h5-14,16H,15H2,1-4H3,(H,24,26). The van der Waals surface area contributed by atoms with Crippen LogP contribution >= 0.6 is 0 Å². The van der Waals surface area contributed by atoms with Gasteiger partial charge in [-0.2, -0.15) is 0 Å². The Bertz CT molecular complexity index is 971. The smallest absolute Gasteiger partial charge is 0.242 e. The van der Waals surface area contributed by atoms with Crippen molar-refractivity contribution in [2.75, 3.05) is 26.2 Å². The molecule has 28 heavy (non-hydrogen) atoms. The molecule has 0 saturated carbocycles. The van der Waals surface area contributed by atoms with Crippen molar-refractivity contribution in [2.24, 2.45) is 0 Å². The maximum atomic E-state index is 12.7. The van der Waals surface area contributed by atoms with Crippen LogP contribution in [0.3, 0.4) is 0 Å². The molecule has 0 aliphatic carbocycles. The molecule has 3 aromatic carbocycles. The summed E-state index contributed by atoms with van der Waals surface area (Å²) >= 11 is 0. The van der Waals surface area contributed by atoms with Gasteiger partial charge in [0.15, 0.2) is 11.5 Å². The van der Waals surface area contributed by atoms with Gasteiger partial charge in [-0.3, -0.25) is 4.79 Å². The number of nitrogens with zero attached hydrogens (tertiary/aromatic N) is 1. The van der Waals surface area contributed by atoms with Gasteiger partial charge in [0, 0.05) is 19.3 Å². The molecule has 0 aromatic heterocycles. The molecule has 5 heteroatoms. The summed E-state index contributed by atoms with van der Waals surface area (Å²) in [5.41, 5.74) is 1.96.